The van der Waals surface area contributed by atoms with Crippen molar-refractivity contribution in [2.45, 2.75) is 18.9 Å². The Balaban J connectivity index is 2.24. The lowest BCUT2D eigenvalue weighted by atomic mass is 10.1. The molecule has 1 amide bonds. The Bertz CT molecular complexity index is 371. The third-order valence-corrected chi connectivity index (χ3v) is 3.49. The molecule has 1 aliphatic heterocycles. The lowest BCUT2D eigenvalue weighted by Gasteiger charge is -2.24. The lowest BCUT2D eigenvalue weighted by Crippen LogP contribution is -2.35. The van der Waals surface area contributed by atoms with Gasteiger partial charge >= 0.3 is 0 Å². The normalized spacial score (nSPS) is 18.6. The van der Waals surface area contributed by atoms with Crippen molar-refractivity contribution in [1.29, 1.82) is 0 Å². The Morgan fingerprint density at radius 3 is 2.31 bits per heavy atom. The fourth-order valence-electron chi connectivity index (χ4n) is 2.20. The zero-order valence-electron chi connectivity index (χ0n) is 9.03. The monoisotopic (exact) mass is 282 g/mol. The summed E-state index contributed by atoms with van der Waals surface area (Å²) in [6.45, 7) is 1.92. The average molecular weight is 283 g/mol. The van der Waals surface area contributed by atoms with Gasteiger partial charge in [-0.3, -0.25) is 9.69 Å². The molecule has 1 aliphatic rings. The van der Waals surface area contributed by atoms with Crippen LogP contribution in [-0.4, -0.2) is 23.9 Å². The predicted octanol–water partition coefficient (Wildman–Crippen LogP) is 2.07. The van der Waals surface area contributed by atoms with Crippen LogP contribution in [0.3, 0.4) is 0 Å². The van der Waals surface area contributed by atoms with Crippen molar-refractivity contribution in [3.63, 3.8) is 0 Å². The summed E-state index contributed by atoms with van der Waals surface area (Å²) < 4.78 is 1.01. The van der Waals surface area contributed by atoms with Crippen molar-refractivity contribution < 1.29 is 4.79 Å². The summed E-state index contributed by atoms with van der Waals surface area (Å²) in [6.07, 6.45) is 2.31. The number of halogens is 1. The van der Waals surface area contributed by atoms with E-state index >= 15 is 0 Å². The molecule has 0 aliphatic carbocycles. The first kappa shape index (κ1) is 11.6. The van der Waals surface area contributed by atoms with E-state index in [4.69, 9.17) is 5.73 Å². The molecule has 1 heterocycles. The maximum Gasteiger partial charge on any atom is 0.239 e. The Morgan fingerprint density at radius 2 is 1.81 bits per heavy atom. The van der Waals surface area contributed by atoms with Crippen LogP contribution in [0.1, 0.15) is 24.4 Å². The minimum atomic E-state index is -0.268. The second kappa shape index (κ2) is 4.97. The number of primary amides is 1. The van der Waals surface area contributed by atoms with Crippen molar-refractivity contribution in [3.8, 4) is 0 Å². The quantitative estimate of drug-likeness (QED) is 0.923. The van der Waals surface area contributed by atoms with Gasteiger partial charge in [-0.25, -0.2) is 0 Å². The Morgan fingerprint density at radius 1 is 1.25 bits per heavy atom. The fraction of sp³-hybridized carbons (Fsp3) is 0.417. The van der Waals surface area contributed by atoms with Gasteiger partial charge in [-0.05, 0) is 43.6 Å². The molecule has 1 aromatic carbocycles. The van der Waals surface area contributed by atoms with Gasteiger partial charge in [-0.15, -0.1) is 0 Å². The van der Waals surface area contributed by atoms with Gasteiger partial charge < -0.3 is 5.73 Å². The van der Waals surface area contributed by atoms with Gasteiger partial charge in [-0.1, -0.05) is 28.1 Å². The molecule has 1 atom stereocenters. The minimum absolute atomic E-state index is 0.260. The maximum absolute atomic E-state index is 11.5. The summed E-state index contributed by atoms with van der Waals surface area (Å²) in [6, 6.07) is 7.54. The molecule has 1 aromatic rings. The number of rotatable bonds is 3. The molecular weight excluding hydrogens is 268 g/mol. The van der Waals surface area contributed by atoms with Crippen molar-refractivity contribution in [3.05, 3.63) is 34.3 Å². The second-order valence-corrected chi connectivity index (χ2v) is 5.02. The van der Waals surface area contributed by atoms with E-state index in [-0.39, 0.29) is 11.9 Å². The minimum Gasteiger partial charge on any atom is -0.368 e. The van der Waals surface area contributed by atoms with Crippen LogP contribution in [0.5, 0.6) is 0 Å². The highest BCUT2D eigenvalue weighted by Crippen LogP contribution is 2.25. The van der Waals surface area contributed by atoms with Crippen molar-refractivity contribution in [1.82, 2.24) is 4.90 Å². The van der Waals surface area contributed by atoms with Gasteiger partial charge in [0.25, 0.3) is 0 Å². The van der Waals surface area contributed by atoms with Crippen molar-refractivity contribution in [2.75, 3.05) is 13.1 Å². The van der Waals surface area contributed by atoms with Gasteiger partial charge in [0, 0.05) is 4.47 Å². The van der Waals surface area contributed by atoms with E-state index in [1.165, 1.54) is 0 Å². The summed E-state index contributed by atoms with van der Waals surface area (Å²) >= 11 is 3.39. The summed E-state index contributed by atoms with van der Waals surface area (Å²) in [5, 5.41) is 0. The van der Waals surface area contributed by atoms with Gasteiger partial charge in [0.15, 0.2) is 0 Å². The van der Waals surface area contributed by atoms with Gasteiger partial charge in [0.05, 0.1) is 0 Å². The first-order chi connectivity index (χ1) is 7.68. The predicted molar refractivity (Wildman–Crippen MR) is 66.9 cm³/mol. The van der Waals surface area contributed by atoms with Crippen molar-refractivity contribution in [2.24, 2.45) is 5.73 Å². The molecular formula is C12H15BrN2O. The van der Waals surface area contributed by atoms with Crippen LogP contribution in [-0.2, 0) is 4.79 Å². The maximum atomic E-state index is 11.5. The van der Waals surface area contributed by atoms with E-state index < -0.39 is 0 Å². The zero-order chi connectivity index (χ0) is 11.5. The third kappa shape index (κ3) is 2.44. The van der Waals surface area contributed by atoms with E-state index in [9.17, 15) is 4.79 Å². The molecule has 3 nitrogen and oxygen atoms in total. The van der Waals surface area contributed by atoms with Gasteiger partial charge in [0.1, 0.15) is 6.04 Å². The molecule has 1 saturated heterocycles. The smallest absolute Gasteiger partial charge is 0.239 e. The molecule has 2 rings (SSSR count). The molecule has 2 N–H and O–H groups in total. The van der Waals surface area contributed by atoms with E-state index in [2.05, 4.69) is 20.8 Å². The van der Waals surface area contributed by atoms with Crippen LogP contribution in [0.25, 0.3) is 0 Å². The van der Waals surface area contributed by atoms with Crippen LogP contribution in [0.15, 0.2) is 28.7 Å². The standard InChI is InChI=1S/C12H15BrN2O/c13-10-5-3-9(4-6-10)11(12(14)16)15-7-1-2-8-15/h3-6,11H,1-2,7-8H2,(H2,14,16). The first-order valence-electron chi connectivity index (χ1n) is 5.47. The van der Waals surface area contributed by atoms with Crippen LogP contribution in [0, 0.1) is 0 Å². The van der Waals surface area contributed by atoms with Gasteiger partial charge in [-0.2, -0.15) is 0 Å². The fourth-order valence-corrected chi connectivity index (χ4v) is 2.46. The molecule has 0 saturated carbocycles. The number of carbonyl (C=O) groups is 1. The van der Waals surface area contributed by atoms with Crippen LogP contribution in [0.4, 0.5) is 0 Å². The highest BCUT2D eigenvalue weighted by atomic mass is 79.9. The number of carbonyl (C=O) groups excluding carboxylic acids is 1. The molecule has 1 fully saturated rings. The molecule has 0 spiro atoms. The van der Waals surface area contributed by atoms with E-state index in [0.29, 0.717) is 0 Å². The molecule has 0 aromatic heterocycles. The van der Waals surface area contributed by atoms with Crippen LogP contribution >= 0.6 is 15.9 Å². The number of amides is 1. The SMILES string of the molecule is NC(=O)C(c1ccc(Br)cc1)N1CCCC1. The Labute approximate surface area is 104 Å². The Kier molecular flexibility index (Phi) is 3.61. The molecule has 1 unspecified atom stereocenters. The third-order valence-electron chi connectivity index (χ3n) is 2.96. The number of likely N-dealkylation sites (tertiary alicyclic amines) is 1. The van der Waals surface area contributed by atoms with E-state index in [1.807, 2.05) is 24.3 Å². The highest BCUT2D eigenvalue weighted by Gasteiger charge is 2.27. The average Bonchev–Trinajstić information content (AvgIpc) is 2.74. The zero-order valence-corrected chi connectivity index (χ0v) is 10.6. The first-order valence-corrected chi connectivity index (χ1v) is 6.26. The number of hydrogen-bond donors (Lipinski definition) is 1. The summed E-state index contributed by atoms with van der Waals surface area (Å²) in [5.74, 6) is -0.260. The molecule has 16 heavy (non-hydrogen) atoms. The number of hydrogen-bond acceptors (Lipinski definition) is 2. The highest BCUT2D eigenvalue weighted by molar-refractivity contribution is 9.10. The summed E-state index contributed by atoms with van der Waals surface area (Å²) in [5.41, 5.74) is 6.48. The van der Waals surface area contributed by atoms with E-state index in [1.54, 1.807) is 0 Å². The van der Waals surface area contributed by atoms with Gasteiger partial charge in [0.2, 0.25) is 5.91 Å². The van der Waals surface area contributed by atoms with Crippen molar-refractivity contribution >= 4 is 21.8 Å². The molecule has 86 valence electrons. The van der Waals surface area contributed by atoms with Crippen LogP contribution in [0.2, 0.25) is 0 Å². The second-order valence-electron chi connectivity index (χ2n) is 4.10. The Hall–Kier alpha value is -0.870. The van der Waals surface area contributed by atoms with E-state index in [0.717, 1.165) is 36.0 Å². The number of benzene rings is 1. The molecule has 0 bridgehead atoms. The largest absolute Gasteiger partial charge is 0.368 e. The number of nitrogens with zero attached hydrogens (tertiary/aromatic N) is 1. The number of nitrogens with two attached hydrogens (primary N) is 1. The molecule has 0 radical (unpaired) electrons. The van der Waals surface area contributed by atoms with Crippen LogP contribution < -0.4 is 5.73 Å². The summed E-state index contributed by atoms with van der Waals surface area (Å²) in [7, 11) is 0. The topological polar surface area (TPSA) is 46.3 Å². The summed E-state index contributed by atoms with van der Waals surface area (Å²) in [4.78, 5) is 13.7. The lowest BCUT2D eigenvalue weighted by molar-refractivity contribution is -0.123. The molecule has 4 heteroatoms.